The van der Waals surface area contributed by atoms with Gasteiger partial charge in [0.1, 0.15) is 0 Å². The maximum atomic E-state index is 12.9. The molecule has 0 saturated carbocycles. The van der Waals surface area contributed by atoms with Gasteiger partial charge in [0, 0.05) is 0 Å². The Labute approximate surface area is 119 Å². The maximum Gasteiger partial charge on any atom is 0.449 e. The van der Waals surface area contributed by atoms with Crippen molar-refractivity contribution in [2.45, 2.75) is 26.4 Å². The summed E-state index contributed by atoms with van der Waals surface area (Å²) in [4.78, 5) is 4.27. The minimum atomic E-state index is -4.82. The first kappa shape index (κ1) is 15.2. The molecule has 1 aromatic heterocycles. The number of hydrogen-bond acceptors (Lipinski definition) is 3. The number of nitrogens with one attached hydrogen (secondary N) is 2. The molecule has 1 aromatic carbocycles. The number of rotatable bonds is 2. The molecule has 2 aromatic rings. The van der Waals surface area contributed by atoms with E-state index < -0.39 is 12.0 Å². The van der Waals surface area contributed by atoms with Crippen LogP contribution in [-0.4, -0.2) is 21.6 Å². The molecule has 1 heterocycles. The zero-order valence-electron chi connectivity index (χ0n) is 11.6. The van der Waals surface area contributed by atoms with Crippen LogP contribution in [-0.2, 0) is 6.42 Å². The number of benzene rings is 1. The van der Waals surface area contributed by atoms with E-state index in [2.05, 4.69) is 4.98 Å². The molecule has 0 atom stereocenters. The van der Waals surface area contributed by atoms with Crippen LogP contribution in [0.2, 0.25) is 0 Å². The molecule has 7 heteroatoms. The number of halogens is 3. The standard InChI is InChI=1S/C14H15F3N4/c1-8(2)7-10-12(18)21(13(19)14(15,16)17)11-6-4-3-5-9(11)20-10/h3-6,8,18-19H,7H2,1-2H3. The molecule has 0 radical (unpaired) electrons. The molecule has 0 unspecified atom stereocenters. The predicted octanol–water partition coefficient (Wildman–Crippen LogP) is 3.10. The highest BCUT2D eigenvalue weighted by atomic mass is 19.4. The summed E-state index contributed by atoms with van der Waals surface area (Å²) in [7, 11) is 0. The Kier molecular flexibility index (Phi) is 3.85. The van der Waals surface area contributed by atoms with Gasteiger partial charge in [-0.3, -0.25) is 15.4 Å². The third-order valence-corrected chi connectivity index (χ3v) is 2.97. The summed E-state index contributed by atoms with van der Waals surface area (Å²) in [6, 6.07) is 6.24. The lowest BCUT2D eigenvalue weighted by atomic mass is 10.1. The molecular weight excluding hydrogens is 281 g/mol. The largest absolute Gasteiger partial charge is 0.449 e. The van der Waals surface area contributed by atoms with Gasteiger partial charge >= 0.3 is 6.18 Å². The van der Waals surface area contributed by atoms with Crippen molar-refractivity contribution in [3.05, 3.63) is 35.4 Å². The summed E-state index contributed by atoms with van der Waals surface area (Å²) < 4.78 is 39.3. The highest BCUT2D eigenvalue weighted by Crippen LogP contribution is 2.20. The molecule has 2 rings (SSSR count). The second-order valence-electron chi connectivity index (χ2n) is 5.18. The van der Waals surface area contributed by atoms with E-state index in [1.54, 1.807) is 18.2 Å². The first-order valence-corrected chi connectivity index (χ1v) is 6.43. The van der Waals surface area contributed by atoms with E-state index in [4.69, 9.17) is 10.8 Å². The second-order valence-corrected chi connectivity index (χ2v) is 5.18. The van der Waals surface area contributed by atoms with Gasteiger partial charge in [-0.25, -0.2) is 4.98 Å². The van der Waals surface area contributed by atoms with Crippen LogP contribution in [0.5, 0.6) is 0 Å². The van der Waals surface area contributed by atoms with Crippen LogP contribution in [0, 0.1) is 16.7 Å². The fourth-order valence-corrected chi connectivity index (χ4v) is 2.08. The lowest BCUT2D eigenvalue weighted by Gasteiger charge is -2.16. The number of para-hydroxylation sites is 2. The molecule has 21 heavy (non-hydrogen) atoms. The third-order valence-electron chi connectivity index (χ3n) is 2.97. The quantitative estimate of drug-likeness (QED) is 0.649. The molecule has 2 N–H and O–H groups in total. The van der Waals surface area contributed by atoms with E-state index in [1.165, 1.54) is 6.07 Å². The van der Waals surface area contributed by atoms with E-state index in [1.807, 2.05) is 13.8 Å². The average Bonchev–Trinajstić information content (AvgIpc) is 2.37. The number of alkyl halides is 3. The summed E-state index contributed by atoms with van der Waals surface area (Å²) in [5.74, 6) is -1.42. The van der Waals surface area contributed by atoms with E-state index in [0.717, 1.165) is 0 Å². The molecule has 0 aliphatic heterocycles. The molecule has 4 nitrogen and oxygen atoms in total. The zero-order valence-corrected chi connectivity index (χ0v) is 11.6. The van der Waals surface area contributed by atoms with Gasteiger partial charge in [-0.1, -0.05) is 26.0 Å². The lowest BCUT2D eigenvalue weighted by molar-refractivity contribution is -0.0624. The molecule has 0 amide bonds. The first-order chi connectivity index (χ1) is 9.71. The number of aromatic nitrogens is 2. The topological polar surface area (TPSA) is 65.5 Å². The summed E-state index contributed by atoms with van der Waals surface area (Å²) in [5, 5.41) is 15.4. The van der Waals surface area contributed by atoms with Crippen molar-refractivity contribution in [1.29, 1.82) is 10.8 Å². The normalized spacial score (nSPS) is 12.1. The molecule has 0 spiro atoms. The first-order valence-electron chi connectivity index (χ1n) is 6.43. The third kappa shape index (κ3) is 2.96. The predicted molar refractivity (Wildman–Crippen MR) is 73.3 cm³/mol. The van der Waals surface area contributed by atoms with Crippen LogP contribution in [0.15, 0.2) is 24.3 Å². The number of nitrogens with zero attached hydrogens (tertiary/aromatic N) is 2. The average molecular weight is 296 g/mol. The van der Waals surface area contributed by atoms with Crippen molar-refractivity contribution in [2.75, 3.05) is 0 Å². The van der Waals surface area contributed by atoms with Gasteiger partial charge < -0.3 is 0 Å². The summed E-state index contributed by atoms with van der Waals surface area (Å²) in [5.41, 5.74) is 0.331. The van der Waals surface area contributed by atoms with Crippen LogP contribution in [0.25, 0.3) is 11.0 Å². The Bertz CT molecular complexity index is 744. The molecule has 0 saturated heterocycles. The summed E-state index contributed by atoms with van der Waals surface area (Å²) >= 11 is 0. The highest BCUT2D eigenvalue weighted by Gasteiger charge is 2.37. The SMILES string of the molecule is CC(C)Cc1nc2ccccc2n(C(=N)C(F)(F)F)c1=N. The van der Waals surface area contributed by atoms with Gasteiger partial charge in [0.25, 0.3) is 0 Å². The molecule has 0 aliphatic carbocycles. The van der Waals surface area contributed by atoms with Gasteiger partial charge in [-0.2, -0.15) is 13.2 Å². The van der Waals surface area contributed by atoms with Gasteiger partial charge in [-0.15, -0.1) is 0 Å². The Morgan fingerprint density at radius 3 is 2.48 bits per heavy atom. The van der Waals surface area contributed by atoms with Crippen molar-refractivity contribution in [2.24, 2.45) is 5.92 Å². The fraction of sp³-hybridized carbons (Fsp3) is 0.357. The van der Waals surface area contributed by atoms with E-state index in [0.29, 0.717) is 16.5 Å². The fourth-order valence-electron chi connectivity index (χ4n) is 2.08. The highest BCUT2D eigenvalue weighted by molar-refractivity contribution is 5.94. The Hall–Kier alpha value is -2.18. The van der Waals surface area contributed by atoms with Gasteiger partial charge in [-0.05, 0) is 24.5 Å². The maximum absolute atomic E-state index is 12.9. The van der Waals surface area contributed by atoms with Gasteiger partial charge in [0.05, 0.1) is 16.7 Å². The van der Waals surface area contributed by atoms with E-state index in [9.17, 15) is 13.2 Å². The van der Waals surface area contributed by atoms with Crippen LogP contribution >= 0.6 is 0 Å². The number of fused-ring (bicyclic) bond motifs is 1. The van der Waals surface area contributed by atoms with Crippen LogP contribution in [0.1, 0.15) is 19.5 Å². The molecule has 0 bridgehead atoms. The Morgan fingerprint density at radius 2 is 1.90 bits per heavy atom. The molecule has 0 fully saturated rings. The van der Waals surface area contributed by atoms with Crippen molar-refractivity contribution in [3.8, 4) is 0 Å². The monoisotopic (exact) mass is 296 g/mol. The van der Waals surface area contributed by atoms with Crippen LogP contribution in [0.4, 0.5) is 13.2 Å². The van der Waals surface area contributed by atoms with Crippen LogP contribution < -0.4 is 5.49 Å². The molecular formula is C14H15F3N4. The van der Waals surface area contributed by atoms with Crippen molar-refractivity contribution in [3.63, 3.8) is 0 Å². The minimum Gasteiger partial charge on any atom is -0.282 e. The second kappa shape index (κ2) is 5.31. The van der Waals surface area contributed by atoms with Crippen LogP contribution in [0.3, 0.4) is 0 Å². The van der Waals surface area contributed by atoms with Crippen molar-refractivity contribution in [1.82, 2.24) is 9.55 Å². The lowest BCUT2D eigenvalue weighted by Crippen LogP contribution is -2.39. The molecule has 112 valence electrons. The van der Waals surface area contributed by atoms with Gasteiger partial charge in [0.15, 0.2) is 5.49 Å². The molecule has 0 aliphatic rings. The van der Waals surface area contributed by atoms with E-state index >= 15 is 0 Å². The van der Waals surface area contributed by atoms with Crippen molar-refractivity contribution < 1.29 is 13.2 Å². The Balaban J connectivity index is 2.80. The summed E-state index contributed by atoms with van der Waals surface area (Å²) in [6.07, 6.45) is -4.44. The number of hydrogen-bond donors (Lipinski definition) is 2. The zero-order chi connectivity index (χ0) is 15.8. The van der Waals surface area contributed by atoms with Crippen molar-refractivity contribution >= 4 is 16.9 Å². The smallest absolute Gasteiger partial charge is 0.282 e. The minimum absolute atomic E-state index is 0.109. The Morgan fingerprint density at radius 1 is 1.29 bits per heavy atom. The summed E-state index contributed by atoms with van der Waals surface area (Å²) in [6.45, 7) is 3.80. The van der Waals surface area contributed by atoms with E-state index in [-0.39, 0.29) is 22.6 Å². The van der Waals surface area contributed by atoms with Gasteiger partial charge in [0.2, 0.25) is 5.84 Å².